The van der Waals surface area contributed by atoms with E-state index in [0.29, 0.717) is 12.0 Å². The highest BCUT2D eigenvalue weighted by atomic mass is 15.3. The zero-order valence-electron chi connectivity index (χ0n) is 13.4. The van der Waals surface area contributed by atoms with E-state index in [1.54, 1.807) is 0 Å². The van der Waals surface area contributed by atoms with Gasteiger partial charge in [0.15, 0.2) is 5.82 Å². The van der Waals surface area contributed by atoms with Crippen molar-refractivity contribution in [3.8, 4) is 0 Å². The summed E-state index contributed by atoms with van der Waals surface area (Å²) in [7, 11) is 0. The first-order valence-electron chi connectivity index (χ1n) is 7.71. The average molecular weight is 287 g/mol. The van der Waals surface area contributed by atoms with Gasteiger partial charge in [0.2, 0.25) is 0 Å². The summed E-state index contributed by atoms with van der Waals surface area (Å²) in [6.07, 6.45) is 4.78. The fraction of sp³-hybridized carbons (Fsp3) is 0.625. The summed E-state index contributed by atoms with van der Waals surface area (Å²) in [4.78, 5) is 6.95. The molecular weight excluding hydrogens is 262 g/mol. The summed E-state index contributed by atoms with van der Waals surface area (Å²) < 4.78 is 1.95. The van der Waals surface area contributed by atoms with Gasteiger partial charge in [-0.15, -0.1) is 0 Å². The molecule has 1 aliphatic heterocycles. The first-order valence-corrected chi connectivity index (χ1v) is 7.71. The molecule has 0 spiro atoms. The van der Waals surface area contributed by atoms with E-state index in [0.717, 1.165) is 36.5 Å². The zero-order valence-corrected chi connectivity index (χ0v) is 13.4. The fourth-order valence-corrected chi connectivity index (χ4v) is 2.87. The van der Waals surface area contributed by atoms with Crippen molar-refractivity contribution in [1.29, 1.82) is 0 Å². The third kappa shape index (κ3) is 2.62. The van der Waals surface area contributed by atoms with Crippen LogP contribution >= 0.6 is 0 Å². The Balaban J connectivity index is 2.01. The molecule has 0 aromatic carbocycles. The Hall–Kier alpha value is -1.62. The summed E-state index contributed by atoms with van der Waals surface area (Å²) in [5.74, 6) is 1.52. The molecule has 3 heterocycles. The van der Waals surface area contributed by atoms with Gasteiger partial charge in [-0.1, -0.05) is 27.7 Å². The first kappa shape index (κ1) is 14.3. The number of anilines is 1. The number of aromatic nitrogens is 3. The van der Waals surface area contributed by atoms with Crippen molar-refractivity contribution in [2.24, 2.45) is 11.7 Å². The van der Waals surface area contributed by atoms with E-state index < -0.39 is 0 Å². The number of hydrogen-bond donors (Lipinski definition) is 1. The molecule has 3 rings (SSSR count). The van der Waals surface area contributed by atoms with E-state index in [-0.39, 0.29) is 5.41 Å². The Bertz CT molecular complexity index is 640. The van der Waals surface area contributed by atoms with Gasteiger partial charge in [0.1, 0.15) is 5.52 Å². The fourth-order valence-electron chi connectivity index (χ4n) is 2.87. The lowest BCUT2D eigenvalue weighted by Gasteiger charge is -2.35. The van der Waals surface area contributed by atoms with Gasteiger partial charge in [0, 0.05) is 36.9 Å². The van der Waals surface area contributed by atoms with Gasteiger partial charge in [0.05, 0.1) is 5.69 Å². The second-order valence-corrected chi connectivity index (χ2v) is 7.24. The van der Waals surface area contributed by atoms with E-state index in [4.69, 9.17) is 10.8 Å². The Morgan fingerprint density at radius 3 is 2.76 bits per heavy atom. The number of nitrogens with zero attached hydrogens (tertiary/aromatic N) is 4. The third-order valence-corrected chi connectivity index (χ3v) is 4.41. The maximum atomic E-state index is 6.13. The quantitative estimate of drug-likeness (QED) is 0.873. The first-order chi connectivity index (χ1) is 9.86. The van der Waals surface area contributed by atoms with Crippen LogP contribution in [0.2, 0.25) is 0 Å². The smallest absolute Gasteiger partial charge is 0.154 e. The number of fused-ring (bicyclic) bond motifs is 1. The van der Waals surface area contributed by atoms with E-state index in [9.17, 15) is 0 Å². The van der Waals surface area contributed by atoms with E-state index in [1.165, 1.54) is 0 Å². The van der Waals surface area contributed by atoms with Crippen molar-refractivity contribution in [1.82, 2.24) is 14.6 Å². The molecule has 114 valence electrons. The van der Waals surface area contributed by atoms with Crippen LogP contribution in [0.5, 0.6) is 0 Å². The maximum absolute atomic E-state index is 6.13. The highest BCUT2D eigenvalue weighted by Gasteiger charge is 2.26. The van der Waals surface area contributed by atoms with Crippen molar-refractivity contribution in [3.05, 3.63) is 24.2 Å². The van der Waals surface area contributed by atoms with E-state index >= 15 is 0 Å². The van der Waals surface area contributed by atoms with Gasteiger partial charge < -0.3 is 10.6 Å². The molecule has 0 amide bonds. The molecule has 2 aromatic heterocycles. The van der Waals surface area contributed by atoms with Crippen LogP contribution in [0.15, 0.2) is 18.5 Å². The van der Waals surface area contributed by atoms with Crippen LogP contribution < -0.4 is 10.6 Å². The zero-order chi connectivity index (χ0) is 15.2. The van der Waals surface area contributed by atoms with Crippen molar-refractivity contribution >= 4 is 11.3 Å². The van der Waals surface area contributed by atoms with Crippen LogP contribution in [-0.4, -0.2) is 33.7 Å². The minimum atomic E-state index is 0.0425. The molecule has 2 unspecified atom stereocenters. The van der Waals surface area contributed by atoms with Crippen molar-refractivity contribution in [2.45, 2.75) is 45.6 Å². The predicted octanol–water partition coefficient (Wildman–Crippen LogP) is 2.20. The second-order valence-electron chi connectivity index (χ2n) is 7.24. The summed E-state index contributed by atoms with van der Waals surface area (Å²) >= 11 is 0. The Morgan fingerprint density at radius 1 is 1.33 bits per heavy atom. The second kappa shape index (κ2) is 4.98. The van der Waals surface area contributed by atoms with Crippen LogP contribution in [0.25, 0.3) is 5.52 Å². The minimum absolute atomic E-state index is 0.0425. The number of nitrogens with two attached hydrogens (primary N) is 1. The SMILES string of the molecule is CC1CN(c2nccn3nc(C(C)(C)C)cc23)CCC1N. The lowest BCUT2D eigenvalue weighted by atomic mass is 9.92. The standard InChI is InChI=1S/C16H25N5/c1-11-10-20(7-5-12(11)17)15-13-9-14(16(2,3)4)19-21(13)8-6-18-15/h6,8-9,11-12H,5,7,10,17H2,1-4H3. The van der Waals surface area contributed by atoms with Gasteiger partial charge in [0.25, 0.3) is 0 Å². The van der Waals surface area contributed by atoms with Crippen molar-refractivity contribution < 1.29 is 0 Å². The van der Waals surface area contributed by atoms with Gasteiger partial charge in [-0.05, 0) is 18.4 Å². The van der Waals surface area contributed by atoms with Gasteiger partial charge >= 0.3 is 0 Å². The lowest BCUT2D eigenvalue weighted by molar-refractivity contribution is 0.381. The van der Waals surface area contributed by atoms with Gasteiger partial charge in [-0.25, -0.2) is 9.50 Å². The number of hydrogen-bond acceptors (Lipinski definition) is 4. The summed E-state index contributed by atoms with van der Waals surface area (Å²) in [5.41, 5.74) is 8.35. The molecule has 0 aliphatic carbocycles. The molecule has 0 radical (unpaired) electrons. The maximum Gasteiger partial charge on any atom is 0.154 e. The van der Waals surface area contributed by atoms with Gasteiger partial charge in [-0.2, -0.15) is 5.10 Å². The monoisotopic (exact) mass is 287 g/mol. The largest absolute Gasteiger partial charge is 0.354 e. The molecule has 1 aliphatic rings. The Kier molecular flexibility index (Phi) is 3.40. The number of rotatable bonds is 1. The molecule has 1 fully saturated rings. The Labute approximate surface area is 126 Å². The van der Waals surface area contributed by atoms with Crippen LogP contribution in [0.4, 0.5) is 5.82 Å². The molecule has 0 saturated carbocycles. The molecule has 5 nitrogen and oxygen atoms in total. The topological polar surface area (TPSA) is 59.5 Å². The lowest BCUT2D eigenvalue weighted by Crippen LogP contribution is -2.46. The molecular formula is C16H25N5. The highest BCUT2D eigenvalue weighted by Crippen LogP contribution is 2.28. The summed E-state index contributed by atoms with van der Waals surface area (Å²) in [5, 5.41) is 4.70. The normalized spacial score (nSPS) is 23.8. The van der Waals surface area contributed by atoms with Crippen LogP contribution in [0.3, 0.4) is 0 Å². The van der Waals surface area contributed by atoms with E-state index in [1.807, 2.05) is 16.9 Å². The van der Waals surface area contributed by atoms with Gasteiger partial charge in [-0.3, -0.25) is 0 Å². The molecule has 21 heavy (non-hydrogen) atoms. The summed E-state index contributed by atoms with van der Waals surface area (Å²) in [6, 6.07) is 2.47. The molecule has 2 N–H and O–H groups in total. The van der Waals surface area contributed by atoms with Crippen LogP contribution in [0.1, 0.15) is 39.8 Å². The molecule has 5 heteroatoms. The molecule has 2 atom stereocenters. The van der Waals surface area contributed by atoms with Crippen molar-refractivity contribution in [2.75, 3.05) is 18.0 Å². The third-order valence-electron chi connectivity index (χ3n) is 4.41. The molecule has 1 saturated heterocycles. The van der Waals surface area contributed by atoms with Crippen molar-refractivity contribution in [3.63, 3.8) is 0 Å². The predicted molar refractivity (Wildman–Crippen MR) is 85.7 cm³/mol. The molecule has 0 bridgehead atoms. The highest BCUT2D eigenvalue weighted by molar-refractivity contribution is 5.69. The number of piperidine rings is 1. The minimum Gasteiger partial charge on any atom is -0.354 e. The van der Waals surface area contributed by atoms with Crippen LogP contribution in [0, 0.1) is 5.92 Å². The average Bonchev–Trinajstić information content (AvgIpc) is 2.86. The molecule has 2 aromatic rings. The Morgan fingerprint density at radius 2 is 2.10 bits per heavy atom. The summed E-state index contributed by atoms with van der Waals surface area (Å²) in [6.45, 7) is 10.7. The van der Waals surface area contributed by atoms with Crippen LogP contribution in [-0.2, 0) is 5.41 Å². The van der Waals surface area contributed by atoms with E-state index in [2.05, 4.69) is 43.6 Å².